The Kier molecular flexibility index (Phi) is 7.41. The second kappa shape index (κ2) is 9.13. The number of carbonyl (C=O) groups is 1. The summed E-state index contributed by atoms with van der Waals surface area (Å²) in [6, 6.07) is 9.62. The number of hydrogen-bond acceptors (Lipinski definition) is 2. The largest absolute Gasteiger partial charge is 0.435 e. The standard InChI is InChI=1S/C18H24O2/c1-4-9-15(2)16(3)10-8-13-20-18(19)14-17-11-6-5-7-12-17/h5-8,11-13H,4,9-10,14H2,1-3H3/b13-8+,16-15+. The Morgan fingerprint density at radius 3 is 2.50 bits per heavy atom. The van der Waals surface area contributed by atoms with Gasteiger partial charge in [0.25, 0.3) is 0 Å². The van der Waals surface area contributed by atoms with Crippen LogP contribution in [-0.4, -0.2) is 5.97 Å². The van der Waals surface area contributed by atoms with Crippen LogP contribution in [0.4, 0.5) is 0 Å². The molecule has 0 aliphatic heterocycles. The van der Waals surface area contributed by atoms with Crippen molar-refractivity contribution in [3.63, 3.8) is 0 Å². The molecule has 0 amide bonds. The average molecular weight is 272 g/mol. The number of ether oxygens (including phenoxy) is 1. The molecule has 0 aliphatic rings. The van der Waals surface area contributed by atoms with Gasteiger partial charge in [0, 0.05) is 0 Å². The minimum atomic E-state index is -0.223. The first kappa shape index (κ1) is 16.2. The van der Waals surface area contributed by atoms with Crippen molar-refractivity contribution in [3.05, 3.63) is 59.4 Å². The van der Waals surface area contributed by atoms with Crippen LogP contribution in [0.3, 0.4) is 0 Å². The first-order chi connectivity index (χ1) is 9.63. The molecule has 1 rings (SSSR count). The Hall–Kier alpha value is -1.83. The number of rotatable bonds is 7. The van der Waals surface area contributed by atoms with Crippen LogP contribution < -0.4 is 0 Å². The van der Waals surface area contributed by atoms with E-state index in [1.165, 1.54) is 23.8 Å². The highest BCUT2D eigenvalue weighted by atomic mass is 16.5. The van der Waals surface area contributed by atoms with Crippen molar-refractivity contribution >= 4 is 5.97 Å². The van der Waals surface area contributed by atoms with Gasteiger partial charge < -0.3 is 4.74 Å². The van der Waals surface area contributed by atoms with Gasteiger partial charge in [0.15, 0.2) is 0 Å². The fourth-order valence-electron chi connectivity index (χ4n) is 1.92. The van der Waals surface area contributed by atoms with Crippen molar-refractivity contribution in [2.24, 2.45) is 0 Å². The summed E-state index contributed by atoms with van der Waals surface area (Å²) in [5.41, 5.74) is 3.75. The lowest BCUT2D eigenvalue weighted by atomic mass is 10.0. The summed E-state index contributed by atoms with van der Waals surface area (Å²) in [6.07, 6.45) is 6.86. The molecule has 0 spiro atoms. The number of benzene rings is 1. The molecule has 0 atom stereocenters. The molecule has 108 valence electrons. The minimum absolute atomic E-state index is 0.223. The van der Waals surface area contributed by atoms with Gasteiger partial charge in [0.05, 0.1) is 12.7 Å². The molecule has 0 saturated heterocycles. The zero-order chi connectivity index (χ0) is 14.8. The number of esters is 1. The summed E-state index contributed by atoms with van der Waals surface area (Å²) in [4.78, 5) is 11.6. The topological polar surface area (TPSA) is 26.3 Å². The third-order valence-corrected chi connectivity index (χ3v) is 3.26. The lowest BCUT2D eigenvalue weighted by molar-refractivity contribution is -0.137. The van der Waals surface area contributed by atoms with Crippen molar-refractivity contribution in [3.8, 4) is 0 Å². The number of hydrogen-bond donors (Lipinski definition) is 0. The summed E-state index contributed by atoms with van der Waals surface area (Å²) in [5.74, 6) is -0.223. The molecule has 0 saturated carbocycles. The summed E-state index contributed by atoms with van der Waals surface area (Å²) >= 11 is 0. The maximum absolute atomic E-state index is 11.6. The Morgan fingerprint density at radius 1 is 1.15 bits per heavy atom. The molecule has 1 aromatic carbocycles. The average Bonchev–Trinajstić information content (AvgIpc) is 2.44. The molecule has 0 fully saturated rings. The van der Waals surface area contributed by atoms with Crippen molar-refractivity contribution < 1.29 is 9.53 Å². The van der Waals surface area contributed by atoms with Crippen molar-refractivity contribution in [2.45, 2.75) is 46.5 Å². The normalized spacial score (nSPS) is 12.3. The molecular formula is C18H24O2. The maximum atomic E-state index is 11.6. The van der Waals surface area contributed by atoms with Gasteiger partial charge >= 0.3 is 5.97 Å². The van der Waals surface area contributed by atoms with E-state index >= 15 is 0 Å². The molecule has 2 nitrogen and oxygen atoms in total. The van der Waals surface area contributed by atoms with Gasteiger partial charge in [-0.15, -0.1) is 0 Å². The van der Waals surface area contributed by atoms with E-state index in [9.17, 15) is 4.79 Å². The van der Waals surface area contributed by atoms with Gasteiger partial charge in [-0.05, 0) is 38.3 Å². The molecular weight excluding hydrogens is 248 g/mol. The molecule has 2 heteroatoms. The molecule has 0 heterocycles. The molecule has 0 N–H and O–H groups in total. The van der Waals surface area contributed by atoms with Crippen LogP contribution in [0.15, 0.2) is 53.8 Å². The van der Waals surface area contributed by atoms with Gasteiger partial charge in [0.2, 0.25) is 0 Å². The van der Waals surface area contributed by atoms with E-state index in [0.29, 0.717) is 6.42 Å². The zero-order valence-electron chi connectivity index (χ0n) is 12.7. The predicted octanol–water partition coefficient (Wildman–Crippen LogP) is 4.81. The van der Waals surface area contributed by atoms with Gasteiger partial charge in [0.1, 0.15) is 0 Å². The van der Waals surface area contributed by atoms with E-state index in [-0.39, 0.29) is 5.97 Å². The molecule has 20 heavy (non-hydrogen) atoms. The van der Waals surface area contributed by atoms with Crippen molar-refractivity contribution in [1.82, 2.24) is 0 Å². The maximum Gasteiger partial charge on any atom is 0.315 e. The smallest absolute Gasteiger partial charge is 0.315 e. The van der Waals surface area contributed by atoms with E-state index in [1.807, 2.05) is 36.4 Å². The van der Waals surface area contributed by atoms with E-state index in [4.69, 9.17) is 4.74 Å². The van der Waals surface area contributed by atoms with Crippen LogP contribution in [0.25, 0.3) is 0 Å². The Morgan fingerprint density at radius 2 is 1.85 bits per heavy atom. The third-order valence-electron chi connectivity index (χ3n) is 3.26. The monoisotopic (exact) mass is 272 g/mol. The third kappa shape index (κ3) is 6.37. The van der Waals surface area contributed by atoms with Gasteiger partial charge in [-0.1, -0.05) is 54.8 Å². The van der Waals surface area contributed by atoms with E-state index in [1.54, 1.807) is 0 Å². The van der Waals surface area contributed by atoms with Crippen molar-refractivity contribution in [1.29, 1.82) is 0 Å². The van der Waals surface area contributed by atoms with E-state index in [0.717, 1.165) is 18.4 Å². The highest BCUT2D eigenvalue weighted by molar-refractivity contribution is 5.73. The van der Waals surface area contributed by atoms with Crippen molar-refractivity contribution in [2.75, 3.05) is 0 Å². The zero-order valence-corrected chi connectivity index (χ0v) is 12.7. The summed E-state index contributed by atoms with van der Waals surface area (Å²) in [7, 11) is 0. The Bertz CT molecular complexity index is 469. The molecule has 0 unspecified atom stereocenters. The Balaban J connectivity index is 2.34. The summed E-state index contributed by atoms with van der Waals surface area (Å²) in [5, 5.41) is 0. The van der Waals surface area contributed by atoms with Crippen LogP contribution in [0.1, 0.15) is 45.6 Å². The van der Waals surface area contributed by atoms with E-state index < -0.39 is 0 Å². The molecule has 1 aromatic rings. The highest BCUT2D eigenvalue weighted by Crippen LogP contribution is 2.13. The first-order valence-corrected chi connectivity index (χ1v) is 7.17. The number of allylic oxidation sites excluding steroid dienone is 3. The lowest BCUT2D eigenvalue weighted by Gasteiger charge is -2.04. The minimum Gasteiger partial charge on any atom is -0.435 e. The Labute approximate surface area is 122 Å². The highest BCUT2D eigenvalue weighted by Gasteiger charge is 2.02. The fourth-order valence-corrected chi connectivity index (χ4v) is 1.92. The summed E-state index contributed by atoms with van der Waals surface area (Å²) in [6.45, 7) is 6.47. The lowest BCUT2D eigenvalue weighted by Crippen LogP contribution is -2.03. The second-order valence-electron chi connectivity index (χ2n) is 5.04. The van der Waals surface area contributed by atoms with Crippen LogP contribution in [0.5, 0.6) is 0 Å². The van der Waals surface area contributed by atoms with Crippen LogP contribution >= 0.6 is 0 Å². The molecule has 0 radical (unpaired) electrons. The first-order valence-electron chi connectivity index (χ1n) is 7.17. The predicted molar refractivity (Wildman–Crippen MR) is 83.3 cm³/mol. The van der Waals surface area contributed by atoms with Crippen LogP contribution in [0, 0.1) is 0 Å². The SMILES string of the molecule is CCC/C(C)=C(\C)C/C=C/OC(=O)Cc1ccccc1. The quantitative estimate of drug-likeness (QED) is 0.404. The second-order valence-corrected chi connectivity index (χ2v) is 5.04. The summed E-state index contributed by atoms with van der Waals surface area (Å²) < 4.78 is 5.09. The van der Waals surface area contributed by atoms with E-state index in [2.05, 4.69) is 20.8 Å². The number of carbonyl (C=O) groups excluding carboxylic acids is 1. The van der Waals surface area contributed by atoms with Gasteiger partial charge in [-0.3, -0.25) is 4.79 Å². The molecule has 0 aliphatic carbocycles. The van der Waals surface area contributed by atoms with Crippen LogP contribution in [0.2, 0.25) is 0 Å². The van der Waals surface area contributed by atoms with Gasteiger partial charge in [-0.2, -0.15) is 0 Å². The van der Waals surface area contributed by atoms with Crippen LogP contribution in [-0.2, 0) is 16.0 Å². The molecule has 0 bridgehead atoms. The van der Waals surface area contributed by atoms with Gasteiger partial charge in [-0.25, -0.2) is 0 Å². The fraction of sp³-hybridized carbons (Fsp3) is 0.389. The molecule has 0 aromatic heterocycles.